The molecular formula is C12H12N2O2. The van der Waals surface area contributed by atoms with Crippen molar-refractivity contribution in [3.63, 3.8) is 0 Å². The Kier molecular flexibility index (Phi) is 2.48. The van der Waals surface area contributed by atoms with E-state index in [1.54, 1.807) is 11.5 Å². The zero-order chi connectivity index (χ0) is 11.7. The fourth-order valence-electron chi connectivity index (χ4n) is 1.54. The van der Waals surface area contributed by atoms with Crippen LogP contribution in [0.2, 0.25) is 0 Å². The number of hydrogen-bond acceptors (Lipinski definition) is 2. The van der Waals surface area contributed by atoms with Crippen LogP contribution in [0.25, 0.3) is 5.69 Å². The zero-order valence-electron chi connectivity index (χ0n) is 9.14. The maximum Gasteiger partial charge on any atom is 0.356 e. The van der Waals surface area contributed by atoms with Gasteiger partial charge in [-0.1, -0.05) is 17.7 Å². The number of aromatic nitrogens is 2. The summed E-state index contributed by atoms with van der Waals surface area (Å²) in [7, 11) is 0. The third kappa shape index (κ3) is 1.82. The fraction of sp³-hybridized carbons (Fsp3) is 0.167. The van der Waals surface area contributed by atoms with Crippen molar-refractivity contribution in [2.45, 2.75) is 13.8 Å². The average Bonchev–Trinajstić information content (AvgIpc) is 2.62. The van der Waals surface area contributed by atoms with Crippen molar-refractivity contribution in [2.75, 3.05) is 0 Å². The molecule has 0 saturated carbocycles. The summed E-state index contributed by atoms with van der Waals surface area (Å²) in [5.41, 5.74) is 2.15. The van der Waals surface area contributed by atoms with E-state index in [4.69, 9.17) is 5.11 Å². The standard InChI is InChI=1S/C12H12N2O2/c1-8-3-5-10(6-4-8)14-7-11(12(15)16)13-9(14)2/h3-7H,1-2H3,(H,15,16). The molecule has 4 nitrogen and oxygen atoms in total. The molecule has 0 aliphatic carbocycles. The van der Waals surface area contributed by atoms with E-state index in [1.807, 2.05) is 31.2 Å². The fourth-order valence-corrected chi connectivity index (χ4v) is 1.54. The highest BCUT2D eigenvalue weighted by Crippen LogP contribution is 2.13. The third-order valence-corrected chi connectivity index (χ3v) is 2.41. The first-order valence-electron chi connectivity index (χ1n) is 4.94. The van der Waals surface area contributed by atoms with Crippen molar-refractivity contribution in [1.82, 2.24) is 9.55 Å². The molecule has 0 fully saturated rings. The lowest BCUT2D eigenvalue weighted by Crippen LogP contribution is -1.95. The number of carboxylic acid groups (broad SMARTS) is 1. The van der Waals surface area contributed by atoms with Crippen molar-refractivity contribution in [3.05, 3.63) is 47.5 Å². The van der Waals surface area contributed by atoms with Gasteiger partial charge in [-0.2, -0.15) is 0 Å². The molecule has 4 heteroatoms. The maximum atomic E-state index is 10.8. The molecule has 2 rings (SSSR count). The highest BCUT2D eigenvalue weighted by molar-refractivity contribution is 5.85. The molecule has 0 saturated heterocycles. The minimum absolute atomic E-state index is 0.0677. The second kappa shape index (κ2) is 3.81. The number of carboxylic acids is 1. The van der Waals surface area contributed by atoms with E-state index >= 15 is 0 Å². The van der Waals surface area contributed by atoms with Gasteiger partial charge in [0.15, 0.2) is 5.69 Å². The minimum atomic E-state index is -1.01. The summed E-state index contributed by atoms with van der Waals surface area (Å²) in [6.07, 6.45) is 1.53. The van der Waals surface area contributed by atoms with Gasteiger partial charge in [0.05, 0.1) is 0 Å². The van der Waals surface area contributed by atoms with Crippen LogP contribution in [0.1, 0.15) is 21.9 Å². The van der Waals surface area contributed by atoms with E-state index in [0.29, 0.717) is 5.82 Å². The first-order valence-corrected chi connectivity index (χ1v) is 4.94. The predicted molar refractivity (Wildman–Crippen MR) is 60.0 cm³/mol. The Balaban J connectivity index is 2.47. The molecule has 2 aromatic rings. The summed E-state index contributed by atoms with van der Waals surface area (Å²) in [6.45, 7) is 3.79. The molecule has 0 unspecified atom stereocenters. The van der Waals surface area contributed by atoms with E-state index in [9.17, 15) is 4.79 Å². The van der Waals surface area contributed by atoms with Gasteiger partial charge in [0.1, 0.15) is 5.82 Å². The Morgan fingerprint density at radius 1 is 1.25 bits per heavy atom. The van der Waals surface area contributed by atoms with Gasteiger partial charge in [0.2, 0.25) is 0 Å². The summed E-state index contributed by atoms with van der Waals surface area (Å²) in [4.78, 5) is 14.7. The molecule has 0 radical (unpaired) electrons. The molecule has 1 aromatic heterocycles. The van der Waals surface area contributed by atoms with Crippen LogP contribution in [0.5, 0.6) is 0 Å². The highest BCUT2D eigenvalue weighted by atomic mass is 16.4. The van der Waals surface area contributed by atoms with Gasteiger partial charge in [0.25, 0.3) is 0 Å². The molecule has 0 amide bonds. The topological polar surface area (TPSA) is 55.1 Å². The van der Waals surface area contributed by atoms with E-state index in [2.05, 4.69) is 4.98 Å². The van der Waals surface area contributed by atoms with Crippen molar-refractivity contribution >= 4 is 5.97 Å². The predicted octanol–water partition coefficient (Wildman–Crippen LogP) is 2.19. The molecule has 0 spiro atoms. The van der Waals surface area contributed by atoms with E-state index < -0.39 is 5.97 Å². The highest BCUT2D eigenvalue weighted by Gasteiger charge is 2.10. The second-order valence-corrected chi connectivity index (χ2v) is 3.68. The van der Waals surface area contributed by atoms with Crippen LogP contribution in [0.4, 0.5) is 0 Å². The second-order valence-electron chi connectivity index (χ2n) is 3.68. The van der Waals surface area contributed by atoms with Gasteiger partial charge in [-0.05, 0) is 26.0 Å². The first kappa shape index (κ1) is 10.4. The van der Waals surface area contributed by atoms with Gasteiger partial charge >= 0.3 is 5.97 Å². The number of benzene rings is 1. The monoisotopic (exact) mass is 216 g/mol. The molecule has 1 heterocycles. The van der Waals surface area contributed by atoms with Gasteiger partial charge < -0.3 is 9.67 Å². The number of nitrogens with zero attached hydrogens (tertiary/aromatic N) is 2. The normalized spacial score (nSPS) is 10.4. The van der Waals surface area contributed by atoms with Gasteiger partial charge in [-0.15, -0.1) is 0 Å². The Morgan fingerprint density at radius 3 is 2.38 bits per heavy atom. The lowest BCUT2D eigenvalue weighted by Gasteiger charge is -2.04. The van der Waals surface area contributed by atoms with Crippen LogP contribution < -0.4 is 0 Å². The summed E-state index contributed by atoms with van der Waals surface area (Å²) in [5.74, 6) is -0.338. The van der Waals surface area contributed by atoms with Gasteiger partial charge in [0, 0.05) is 11.9 Å². The van der Waals surface area contributed by atoms with Crippen LogP contribution in [0.3, 0.4) is 0 Å². The SMILES string of the molecule is Cc1ccc(-n2cc(C(=O)O)nc2C)cc1. The van der Waals surface area contributed by atoms with Crippen LogP contribution in [-0.4, -0.2) is 20.6 Å². The number of aromatic carboxylic acids is 1. The number of rotatable bonds is 2. The Morgan fingerprint density at radius 2 is 1.88 bits per heavy atom. The Bertz CT molecular complexity index is 526. The van der Waals surface area contributed by atoms with E-state index in [0.717, 1.165) is 5.69 Å². The summed E-state index contributed by atoms with van der Waals surface area (Å²) in [5, 5.41) is 8.84. The lowest BCUT2D eigenvalue weighted by atomic mass is 10.2. The number of hydrogen-bond donors (Lipinski definition) is 1. The van der Waals surface area contributed by atoms with Crippen LogP contribution in [-0.2, 0) is 0 Å². The molecule has 16 heavy (non-hydrogen) atoms. The Labute approximate surface area is 93.2 Å². The Hall–Kier alpha value is -2.10. The smallest absolute Gasteiger partial charge is 0.356 e. The zero-order valence-corrected chi connectivity index (χ0v) is 9.14. The van der Waals surface area contributed by atoms with Crippen molar-refractivity contribution in [1.29, 1.82) is 0 Å². The van der Waals surface area contributed by atoms with Gasteiger partial charge in [-0.3, -0.25) is 0 Å². The maximum absolute atomic E-state index is 10.8. The lowest BCUT2D eigenvalue weighted by molar-refractivity contribution is 0.0691. The molecule has 0 atom stereocenters. The minimum Gasteiger partial charge on any atom is -0.476 e. The molecule has 1 N–H and O–H groups in total. The summed E-state index contributed by atoms with van der Waals surface area (Å²) < 4.78 is 1.77. The van der Waals surface area contributed by atoms with Crippen molar-refractivity contribution in [2.24, 2.45) is 0 Å². The number of carbonyl (C=O) groups is 1. The molecule has 82 valence electrons. The third-order valence-electron chi connectivity index (χ3n) is 2.41. The van der Waals surface area contributed by atoms with Crippen LogP contribution in [0, 0.1) is 13.8 Å². The number of imidazole rings is 1. The van der Waals surface area contributed by atoms with Crippen LogP contribution in [0.15, 0.2) is 30.5 Å². The first-order chi connectivity index (χ1) is 7.58. The largest absolute Gasteiger partial charge is 0.476 e. The average molecular weight is 216 g/mol. The van der Waals surface area contributed by atoms with E-state index in [1.165, 1.54) is 11.8 Å². The molecule has 1 aromatic carbocycles. The number of aryl methyl sites for hydroxylation is 2. The van der Waals surface area contributed by atoms with E-state index in [-0.39, 0.29) is 5.69 Å². The summed E-state index contributed by atoms with van der Waals surface area (Å²) >= 11 is 0. The van der Waals surface area contributed by atoms with Crippen molar-refractivity contribution < 1.29 is 9.90 Å². The molecule has 0 aliphatic rings. The quantitative estimate of drug-likeness (QED) is 0.837. The molecule has 0 bridgehead atoms. The molecule has 0 aliphatic heterocycles. The van der Waals surface area contributed by atoms with Gasteiger partial charge in [-0.25, -0.2) is 9.78 Å². The summed E-state index contributed by atoms with van der Waals surface area (Å²) in [6, 6.07) is 7.84. The van der Waals surface area contributed by atoms with Crippen molar-refractivity contribution in [3.8, 4) is 5.69 Å². The van der Waals surface area contributed by atoms with Crippen LogP contribution >= 0.6 is 0 Å². The molecular weight excluding hydrogens is 204 g/mol.